The van der Waals surface area contributed by atoms with Crippen molar-refractivity contribution >= 4 is 34.8 Å². The molecule has 27 heavy (non-hydrogen) atoms. The minimum Gasteiger partial charge on any atom is -0.477 e. The third-order valence-electron chi connectivity index (χ3n) is 4.22. The van der Waals surface area contributed by atoms with Crippen LogP contribution in [0.1, 0.15) is 39.4 Å². The first-order chi connectivity index (χ1) is 13.0. The normalized spacial score (nSPS) is 11.9. The summed E-state index contributed by atoms with van der Waals surface area (Å²) in [5.74, 6) is -1.02. The number of methoxy groups -OCH3 is 1. The average molecular weight is 410 g/mol. The maximum absolute atomic E-state index is 12.3. The second-order valence-corrected chi connectivity index (χ2v) is 7.75. The summed E-state index contributed by atoms with van der Waals surface area (Å²) < 4.78 is 5.32. The van der Waals surface area contributed by atoms with Crippen LogP contribution in [0, 0.1) is 0 Å². The zero-order chi connectivity index (χ0) is 19.6. The smallest absolute Gasteiger partial charge is 0.345 e. The number of aryl methyl sites for hydroxylation is 2. The predicted octanol–water partition coefficient (Wildman–Crippen LogP) is 4.19. The van der Waals surface area contributed by atoms with Crippen LogP contribution >= 0.6 is 22.9 Å². The Morgan fingerprint density at radius 3 is 2.63 bits per heavy atom. The van der Waals surface area contributed by atoms with Crippen LogP contribution in [0.15, 0.2) is 36.4 Å². The Bertz CT molecular complexity index is 762. The van der Waals surface area contributed by atoms with Gasteiger partial charge >= 0.3 is 5.97 Å². The minimum atomic E-state index is -0.903. The van der Waals surface area contributed by atoms with Crippen LogP contribution in [0.25, 0.3) is 0 Å². The van der Waals surface area contributed by atoms with Gasteiger partial charge in [-0.3, -0.25) is 4.79 Å². The molecule has 1 aromatic heterocycles. The molecule has 1 heterocycles. The first kappa shape index (κ1) is 21.4. The highest BCUT2D eigenvalue weighted by molar-refractivity contribution is 7.13. The number of nitrogens with one attached hydrogen (secondary N) is 1. The largest absolute Gasteiger partial charge is 0.477 e. The minimum absolute atomic E-state index is 0.117. The van der Waals surface area contributed by atoms with Gasteiger partial charge in [-0.2, -0.15) is 0 Å². The second kappa shape index (κ2) is 11.1. The van der Waals surface area contributed by atoms with Gasteiger partial charge in [-0.1, -0.05) is 29.8 Å². The molecule has 0 aliphatic rings. The summed E-state index contributed by atoms with van der Waals surface area (Å²) in [6.45, 7) is 0.531. The van der Waals surface area contributed by atoms with Crippen molar-refractivity contribution in [2.24, 2.45) is 0 Å². The van der Waals surface area contributed by atoms with Crippen LogP contribution in [0.5, 0.6) is 0 Å². The monoisotopic (exact) mass is 409 g/mol. The van der Waals surface area contributed by atoms with Gasteiger partial charge in [0.25, 0.3) is 0 Å². The van der Waals surface area contributed by atoms with Gasteiger partial charge in [-0.25, -0.2) is 4.79 Å². The molecule has 2 aromatic rings. The van der Waals surface area contributed by atoms with Gasteiger partial charge < -0.3 is 15.2 Å². The molecule has 0 saturated heterocycles. The number of carbonyl (C=O) groups excluding carboxylic acids is 1. The van der Waals surface area contributed by atoms with Crippen molar-refractivity contribution < 1.29 is 19.4 Å². The summed E-state index contributed by atoms with van der Waals surface area (Å²) in [7, 11) is 1.54. The highest BCUT2D eigenvalue weighted by Crippen LogP contribution is 2.19. The van der Waals surface area contributed by atoms with Gasteiger partial charge in [0.05, 0.1) is 0 Å². The van der Waals surface area contributed by atoms with Crippen molar-refractivity contribution in [1.29, 1.82) is 0 Å². The lowest BCUT2D eigenvalue weighted by Gasteiger charge is -2.15. The van der Waals surface area contributed by atoms with Crippen molar-refractivity contribution in [3.8, 4) is 0 Å². The number of halogens is 1. The fraction of sp³-hybridized carbons (Fsp3) is 0.400. The maximum atomic E-state index is 12.3. The number of amides is 1. The van der Waals surface area contributed by atoms with E-state index in [4.69, 9.17) is 21.4 Å². The number of rotatable bonds is 11. The summed E-state index contributed by atoms with van der Waals surface area (Å²) in [6.07, 6.45) is 3.25. The molecule has 5 nitrogen and oxygen atoms in total. The van der Waals surface area contributed by atoms with Gasteiger partial charge in [0.2, 0.25) is 5.91 Å². The van der Waals surface area contributed by atoms with E-state index in [0.29, 0.717) is 17.8 Å². The SMILES string of the molecule is COC(CCCc1ccccc1Cl)C(=O)NCCCc1ccc(C(=O)O)s1. The van der Waals surface area contributed by atoms with Gasteiger partial charge in [-0.05, 0) is 55.9 Å². The molecule has 1 aromatic carbocycles. The molecule has 0 radical (unpaired) electrons. The summed E-state index contributed by atoms with van der Waals surface area (Å²) >= 11 is 7.42. The van der Waals surface area contributed by atoms with E-state index in [1.165, 1.54) is 11.3 Å². The number of carboxylic acid groups (broad SMARTS) is 1. The van der Waals surface area contributed by atoms with Gasteiger partial charge in [-0.15, -0.1) is 11.3 Å². The molecule has 2 N–H and O–H groups in total. The van der Waals surface area contributed by atoms with E-state index in [1.54, 1.807) is 13.2 Å². The Morgan fingerprint density at radius 2 is 1.96 bits per heavy atom. The van der Waals surface area contributed by atoms with E-state index >= 15 is 0 Å². The molecule has 146 valence electrons. The highest BCUT2D eigenvalue weighted by Gasteiger charge is 2.17. The number of hydrogen-bond acceptors (Lipinski definition) is 4. The van der Waals surface area contributed by atoms with Crippen molar-refractivity contribution in [2.75, 3.05) is 13.7 Å². The number of aromatic carboxylic acids is 1. The van der Waals surface area contributed by atoms with Gasteiger partial charge in [0.15, 0.2) is 0 Å². The fourth-order valence-electron chi connectivity index (χ4n) is 2.75. The van der Waals surface area contributed by atoms with Crippen LogP contribution in [-0.4, -0.2) is 36.7 Å². The van der Waals surface area contributed by atoms with E-state index in [0.717, 1.165) is 41.1 Å². The lowest BCUT2D eigenvalue weighted by atomic mass is 10.1. The summed E-state index contributed by atoms with van der Waals surface area (Å²) in [4.78, 5) is 24.5. The molecule has 7 heteroatoms. The summed E-state index contributed by atoms with van der Waals surface area (Å²) in [5, 5.41) is 12.6. The van der Waals surface area contributed by atoms with E-state index in [2.05, 4.69) is 5.32 Å². The molecule has 2 rings (SSSR count). The van der Waals surface area contributed by atoms with Crippen LogP contribution in [0.2, 0.25) is 5.02 Å². The number of thiophene rings is 1. The number of hydrogen-bond donors (Lipinski definition) is 2. The molecule has 0 spiro atoms. The fourth-order valence-corrected chi connectivity index (χ4v) is 3.87. The van der Waals surface area contributed by atoms with E-state index in [9.17, 15) is 9.59 Å². The molecule has 0 bridgehead atoms. The Balaban J connectivity index is 1.68. The molecule has 1 unspecified atom stereocenters. The van der Waals surface area contributed by atoms with Crippen molar-refractivity contribution in [2.45, 2.75) is 38.2 Å². The lowest BCUT2D eigenvalue weighted by molar-refractivity contribution is -0.131. The average Bonchev–Trinajstić information content (AvgIpc) is 3.13. The molecule has 0 fully saturated rings. The van der Waals surface area contributed by atoms with Crippen LogP contribution in [-0.2, 0) is 22.4 Å². The summed E-state index contributed by atoms with van der Waals surface area (Å²) in [5.41, 5.74) is 1.08. The molecular formula is C20H24ClNO4S. The Kier molecular flexibility index (Phi) is 8.78. The van der Waals surface area contributed by atoms with E-state index in [-0.39, 0.29) is 5.91 Å². The van der Waals surface area contributed by atoms with Gasteiger partial charge in [0.1, 0.15) is 11.0 Å². The Morgan fingerprint density at radius 1 is 1.19 bits per heavy atom. The second-order valence-electron chi connectivity index (χ2n) is 6.17. The van der Waals surface area contributed by atoms with Crippen LogP contribution in [0.3, 0.4) is 0 Å². The quantitative estimate of drug-likeness (QED) is 0.546. The summed E-state index contributed by atoms with van der Waals surface area (Å²) in [6, 6.07) is 11.1. The molecule has 0 aliphatic carbocycles. The number of carboxylic acids is 1. The Labute approximate surface area is 168 Å². The molecule has 1 atom stereocenters. The number of ether oxygens (including phenoxy) is 1. The van der Waals surface area contributed by atoms with E-state index < -0.39 is 12.1 Å². The molecule has 0 saturated carbocycles. The zero-order valence-electron chi connectivity index (χ0n) is 15.2. The van der Waals surface area contributed by atoms with Crippen LogP contribution in [0.4, 0.5) is 0 Å². The van der Waals surface area contributed by atoms with Crippen LogP contribution < -0.4 is 5.32 Å². The molecule has 0 aliphatic heterocycles. The first-order valence-electron chi connectivity index (χ1n) is 8.87. The standard InChI is InChI=1S/C20H24ClNO4S/c1-26-17(10-4-7-14-6-2-3-9-16(14)21)19(23)22-13-5-8-15-11-12-18(27-15)20(24)25/h2-3,6,9,11-12,17H,4-5,7-8,10,13H2,1H3,(H,22,23)(H,24,25). The third kappa shape index (κ3) is 6.97. The lowest BCUT2D eigenvalue weighted by Crippen LogP contribution is -2.36. The van der Waals surface area contributed by atoms with Crippen molar-refractivity contribution in [1.82, 2.24) is 5.32 Å². The maximum Gasteiger partial charge on any atom is 0.345 e. The first-order valence-corrected chi connectivity index (χ1v) is 10.1. The zero-order valence-corrected chi connectivity index (χ0v) is 16.8. The predicted molar refractivity (Wildman–Crippen MR) is 108 cm³/mol. The topological polar surface area (TPSA) is 75.6 Å². The number of benzene rings is 1. The highest BCUT2D eigenvalue weighted by atomic mass is 35.5. The Hall–Kier alpha value is -1.89. The van der Waals surface area contributed by atoms with Gasteiger partial charge in [0, 0.05) is 23.6 Å². The van der Waals surface area contributed by atoms with E-state index in [1.807, 2.05) is 30.3 Å². The van der Waals surface area contributed by atoms with Crippen molar-refractivity contribution in [3.05, 3.63) is 56.7 Å². The third-order valence-corrected chi connectivity index (χ3v) is 5.72. The molecular weight excluding hydrogens is 386 g/mol. The molecule has 1 amide bonds. The number of carbonyl (C=O) groups is 2. The van der Waals surface area contributed by atoms with Crippen molar-refractivity contribution in [3.63, 3.8) is 0 Å².